The van der Waals surface area contributed by atoms with Gasteiger partial charge in [-0.15, -0.1) is 11.3 Å². The van der Waals surface area contributed by atoms with E-state index in [9.17, 15) is 4.79 Å². The molecule has 1 aromatic rings. The summed E-state index contributed by atoms with van der Waals surface area (Å²) in [5, 5.41) is 10.6. The van der Waals surface area contributed by atoms with Gasteiger partial charge in [0.15, 0.2) is 5.78 Å². The molecule has 2 nitrogen and oxygen atoms in total. The molecule has 0 bridgehead atoms. The lowest BCUT2D eigenvalue weighted by atomic mass is 10.2. The number of thiophene rings is 1. The van der Waals surface area contributed by atoms with Crippen molar-refractivity contribution in [2.75, 3.05) is 0 Å². The minimum absolute atomic E-state index is 0.197. The van der Waals surface area contributed by atoms with Gasteiger partial charge in [-0.25, -0.2) is 0 Å². The van der Waals surface area contributed by atoms with Crippen LogP contribution in [0.1, 0.15) is 23.3 Å². The molecule has 0 unspecified atom stereocenters. The number of hydrogen-bond acceptors (Lipinski definition) is 3. The van der Waals surface area contributed by atoms with Crippen molar-refractivity contribution in [2.24, 2.45) is 5.92 Å². The van der Waals surface area contributed by atoms with Gasteiger partial charge in [0, 0.05) is 10.8 Å². The number of nitriles is 1. The van der Waals surface area contributed by atoms with Crippen LogP contribution in [0.15, 0.2) is 17.5 Å². The number of nitrogens with zero attached hydrogens (tertiary/aromatic N) is 1. The Balaban J connectivity index is 2.09. The van der Waals surface area contributed by atoms with Crippen LogP contribution in [0.3, 0.4) is 0 Å². The van der Waals surface area contributed by atoms with Crippen molar-refractivity contribution < 1.29 is 4.79 Å². The van der Waals surface area contributed by atoms with Crippen molar-refractivity contribution >= 4 is 23.2 Å². The molecule has 0 spiro atoms. The maximum absolute atomic E-state index is 11.3. The third kappa shape index (κ3) is 1.91. The van der Waals surface area contributed by atoms with Crippen molar-refractivity contribution in [3.8, 4) is 6.07 Å². The molecule has 0 radical (unpaired) electrons. The molecular formula is C11H9NOS. The molecule has 0 saturated heterocycles. The zero-order chi connectivity index (χ0) is 9.97. The molecule has 1 heterocycles. The van der Waals surface area contributed by atoms with E-state index in [4.69, 9.17) is 5.26 Å². The monoisotopic (exact) mass is 203 g/mol. The van der Waals surface area contributed by atoms with Crippen molar-refractivity contribution in [2.45, 2.75) is 12.8 Å². The molecule has 0 atom stereocenters. The first-order chi connectivity index (χ1) is 6.81. The molecule has 14 heavy (non-hydrogen) atoms. The summed E-state index contributed by atoms with van der Waals surface area (Å²) in [5.41, 5.74) is 0.648. The molecule has 0 aromatic carbocycles. The fourth-order valence-corrected chi connectivity index (χ4v) is 1.94. The molecule has 2 rings (SSSR count). The smallest absolute Gasteiger partial charge is 0.158 e. The third-order valence-electron chi connectivity index (χ3n) is 2.19. The van der Waals surface area contributed by atoms with E-state index in [1.807, 2.05) is 5.38 Å². The minimum atomic E-state index is 0.197. The lowest BCUT2D eigenvalue weighted by molar-refractivity contribution is -0.115. The maximum atomic E-state index is 11.3. The van der Waals surface area contributed by atoms with Gasteiger partial charge in [0.2, 0.25) is 0 Å². The highest BCUT2D eigenvalue weighted by Gasteiger charge is 2.27. The summed E-state index contributed by atoms with van der Waals surface area (Å²) in [6, 6.07) is 3.86. The number of hydrogen-bond donors (Lipinski definition) is 0. The summed E-state index contributed by atoms with van der Waals surface area (Å²) in [6.07, 6.45) is 5.41. The number of carbonyl (C=O) groups excluding carboxylic acids is 1. The first-order valence-corrected chi connectivity index (χ1v) is 5.39. The predicted molar refractivity (Wildman–Crippen MR) is 55.8 cm³/mol. The quantitative estimate of drug-likeness (QED) is 0.708. The fraction of sp³-hybridized carbons (Fsp3) is 0.273. The molecule has 0 aliphatic heterocycles. The second-order valence-corrected chi connectivity index (χ2v) is 4.27. The molecular weight excluding hydrogens is 194 g/mol. The molecule has 1 saturated carbocycles. The van der Waals surface area contributed by atoms with Crippen molar-refractivity contribution in [1.82, 2.24) is 0 Å². The van der Waals surface area contributed by atoms with Crippen LogP contribution in [0.2, 0.25) is 0 Å². The Morgan fingerprint density at radius 3 is 3.07 bits per heavy atom. The summed E-state index contributed by atoms with van der Waals surface area (Å²) < 4.78 is 0. The van der Waals surface area contributed by atoms with Crippen molar-refractivity contribution in [1.29, 1.82) is 5.26 Å². The van der Waals surface area contributed by atoms with Gasteiger partial charge in [-0.2, -0.15) is 5.26 Å². The molecule has 0 amide bonds. The van der Waals surface area contributed by atoms with E-state index in [1.165, 1.54) is 11.3 Å². The summed E-state index contributed by atoms with van der Waals surface area (Å²) in [6.45, 7) is 0. The van der Waals surface area contributed by atoms with Crippen LogP contribution in [0.5, 0.6) is 0 Å². The average Bonchev–Trinajstić information content (AvgIpc) is 2.94. The first kappa shape index (κ1) is 9.17. The first-order valence-electron chi connectivity index (χ1n) is 4.51. The average molecular weight is 203 g/mol. The minimum Gasteiger partial charge on any atom is -0.295 e. The van der Waals surface area contributed by atoms with E-state index < -0.39 is 0 Å². The van der Waals surface area contributed by atoms with Crippen LogP contribution in [-0.4, -0.2) is 5.78 Å². The Labute approximate surface area is 86.5 Å². The van der Waals surface area contributed by atoms with Gasteiger partial charge in [-0.1, -0.05) is 0 Å². The van der Waals surface area contributed by atoms with Crippen LogP contribution in [-0.2, 0) is 4.79 Å². The SMILES string of the molecule is N#Cc1ccsc1/C=C/C(=O)C1CC1. The second-order valence-electron chi connectivity index (χ2n) is 3.32. The third-order valence-corrected chi connectivity index (χ3v) is 3.08. The van der Waals surface area contributed by atoms with Gasteiger partial charge >= 0.3 is 0 Å². The summed E-state index contributed by atoms with van der Waals surface area (Å²) in [4.78, 5) is 12.2. The van der Waals surface area contributed by atoms with Crippen molar-refractivity contribution in [3.63, 3.8) is 0 Å². The standard InChI is InChI=1S/C11H9NOS/c12-7-9-5-6-14-11(9)4-3-10(13)8-1-2-8/h3-6,8H,1-2H2/b4-3+. The van der Waals surface area contributed by atoms with E-state index in [0.29, 0.717) is 5.56 Å². The van der Waals surface area contributed by atoms with Crippen LogP contribution < -0.4 is 0 Å². The van der Waals surface area contributed by atoms with Crippen LogP contribution >= 0.6 is 11.3 Å². The van der Waals surface area contributed by atoms with E-state index in [-0.39, 0.29) is 11.7 Å². The second kappa shape index (κ2) is 3.77. The predicted octanol–water partition coefficient (Wildman–Crippen LogP) is 2.61. The highest BCUT2D eigenvalue weighted by molar-refractivity contribution is 7.11. The van der Waals surface area contributed by atoms with Gasteiger partial charge in [0.05, 0.1) is 5.56 Å². The lowest BCUT2D eigenvalue weighted by Gasteiger charge is -1.87. The molecule has 1 fully saturated rings. The maximum Gasteiger partial charge on any atom is 0.158 e. The normalized spacial score (nSPS) is 15.6. The number of allylic oxidation sites excluding steroid dienone is 1. The highest BCUT2D eigenvalue weighted by Crippen LogP contribution is 2.30. The van der Waals surface area contributed by atoms with Crippen LogP contribution in [0, 0.1) is 17.2 Å². The molecule has 0 N–H and O–H groups in total. The molecule has 3 heteroatoms. The fourth-order valence-electron chi connectivity index (χ4n) is 1.20. The Kier molecular flexibility index (Phi) is 2.47. The summed E-state index contributed by atoms with van der Waals surface area (Å²) in [5.74, 6) is 0.457. The zero-order valence-corrected chi connectivity index (χ0v) is 8.38. The van der Waals surface area contributed by atoms with Gasteiger partial charge in [0.25, 0.3) is 0 Å². The number of carbonyl (C=O) groups is 1. The Hall–Kier alpha value is -1.40. The van der Waals surface area contributed by atoms with Gasteiger partial charge in [0.1, 0.15) is 6.07 Å². The topological polar surface area (TPSA) is 40.9 Å². The number of rotatable bonds is 3. The van der Waals surface area contributed by atoms with Gasteiger partial charge in [-0.3, -0.25) is 4.79 Å². The van der Waals surface area contributed by atoms with Gasteiger partial charge < -0.3 is 0 Å². The molecule has 70 valence electrons. The van der Waals surface area contributed by atoms with E-state index in [1.54, 1.807) is 18.2 Å². The van der Waals surface area contributed by atoms with E-state index in [0.717, 1.165) is 17.7 Å². The van der Waals surface area contributed by atoms with Crippen LogP contribution in [0.25, 0.3) is 6.08 Å². The summed E-state index contributed by atoms with van der Waals surface area (Å²) in [7, 11) is 0. The Bertz CT molecular complexity index is 421. The van der Waals surface area contributed by atoms with Gasteiger partial charge in [-0.05, 0) is 36.4 Å². The van der Waals surface area contributed by atoms with E-state index in [2.05, 4.69) is 6.07 Å². The summed E-state index contributed by atoms with van der Waals surface area (Å²) >= 11 is 1.49. The Morgan fingerprint density at radius 1 is 1.64 bits per heavy atom. The number of ketones is 1. The zero-order valence-electron chi connectivity index (χ0n) is 7.56. The van der Waals surface area contributed by atoms with Crippen molar-refractivity contribution in [3.05, 3.63) is 28.0 Å². The highest BCUT2D eigenvalue weighted by atomic mass is 32.1. The van der Waals surface area contributed by atoms with Crippen LogP contribution in [0.4, 0.5) is 0 Å². The largest absolute Gasteiger partial charge is 0.295 e. The molecule has 1 aliphatic rings. The lowest BCUT2D eigenvalue weighted by Crippen LogP contribution is -1.93. The molecule has 1 aliphatic carbocycles. The molecule has 1 aromatic heterocycles. The van der Waals surface area contributed by atoms with E-state index >= 15 is 0 Å². The Morgan fingerprint density at radius 2 is 2.43 bits per heavy atom.